The summed E-state index contributed by atoms with van der Waals surface area (Å²) >= 11 is 0. The van der Waals surface area contributed by atoms with Gasteiger partial charge in [0.1, 0.15) is 12.3 Å². The molecule has 0 unspecified atom stereocenters. The molecule has 1 heterocycles. The number of unbranched alkanes of at least 4 members (excludes halogenated alkanes) is 11. The standard InChI is InChI=1S/C28H45N3O3/c1-2-3-4-5-6-7-8-9-10-11-12-15-18-30-20-27(33)26(22-32)31-21-23(19-28(29)34)24-16-13-14-17-25(24)31/h13-14,16-17,21-22,26-27,30,33H,2-12,15,18-20H2,1H3,(H2,29,34)/t26-,27+/m1/s1. The Balaban J connectivity index is 1.66. The molecule has 0 saturated heterocycles. The molecular formula is C28H45N3O3. The quantitative estimate of drug-likeness (QED) is 0.186. The van der Waals surface area contributed by atoms with Gasteiger partial charge in [-0.15, -0.1) is 0 Å². The fourth-order valence-corrected chi connectivity index (χ4v) is 4.66. The van der Waals surface area contributed by atoms with E-state index in [0.29, 0.717) is 6.54 Å². The molecule has 2 atom stereocenters. The monoisotopic (exact) mass is 471 g/mol. The summed E-state index contributed by atoms with van der Waals surface area (Å²) in [6.07, 6.45) is 17.6. The van der Waals surface area contributed by atoms with Crippen LogP contribution in [0, 0.1) is 0 Å². The van der Waals surface area contributed by atoms with Gasteiger partial charge in [-0.05, 0) is 24.6 Å². The van der Waals surface area contributed by atoms with Crippen molar-refractivity contribution < 1.29 is 14.7 Å². The molecule has 4 N–H and O–H groups in total. The molecular weight excluding hydrogens is 426 g/mol. The molecule has 0 aliphatic carbocycles. The van der Waals surface area contributed by atoms with Crippen LogP contribution in [-0.4, -0.2) is 41.1 Å². The molecule has 0 radical (unpaired) electrons. The molecule has 0 aliphatic heterocycles. The molecule has 2 rings (SSSR count). The van der Waals surface area contributed by atoms with E-state index in [1.54, 1.807) is 10.8 Å². The third-order valence-electron chi connectivity index (χ3n) is 6.60. The zero-order valence-electron chi connectivity index (χ0n) is 21.0. The van der Waals surface area contributed by atoms with Gasteiger partial charge in [-0.25, -0.2) is 0 Å². The number of aliphatic hydroxyl groups is 1. The zero-order valence-corrected chi connectivity index (χ0v) is 21.0. The Kier molecular flexibility index (Phi) is 13.6. The summed E-state index contributed by atoms with van der Waals surface area (Å²) in [5.74, 6) is -0.421. The number of carbonyl (C=O) groups excluding carboxylic acids is 2. The van der Waals surface area contributed by atoms with Crippen molar-refractivity contribution in [3.05, 3.63) is 36.0 Å². The summed E-state index contributed by atoms with van der Waals surface area (Å²) < 4.78 is 1.76. The Morgan fingerprint density at radius 3 is 2.18 bits per heavy atom. The number of nitrogens with two attached hydrogens (primary N) is 1. The lowest BCUT2D eigenvalue weighted by atomic mass is 10.1. The summed E-state index contributed by atoms with van der Waals surface area (Å²) in [5.41, 5.74) is 6.97. The molecule has 1 amide bonds. The molecule has 34 heavy (non-hydrogen) atoms. The van der Waals surface area contributed by atoms with Crippen LogP contribution in [0.4, 0.5) is 0 Å². The van der Waals surface area contributed by atoms with Gasteiger partial charge < -0.3 is 25.5 Å². The highest BCUT2D eigenvalue weighted by atomic mass is 16.3. The second kappa shape index (κ2) is 16.4. The molecule has 0 spiro atoms. The lowest BCUT2D eigenvalue weighted by Gasteiger charge is -2.21. The lowest BCUT2D eigenvalue weighted by molar-refractivity contribution is -0.117. The molecule has 0 fully saturated rings. The normalized spacial score (nSPS) is 13.2. The number of fused-ring (bicyclic) bond motifs is 1. The predicted molar refractivity (Wildman–Crippen MR) is 140 cm³/mol. The van der Waals surface area contributed by atoms with Crippen LogP contribution in [0.25, 0.3) is 10.9 Å². The smallest absolute Gasteiger partial charge is 0.221 e. The maximum atomic E-state index is 11.9. The number of nitrogens with zero attached hydrogens (tertiary/aromatic N) is 1. The summed E-state index contributed by atoms with van der Waals surface area (Å²) in [6, 6.07) is 6.85. The van der Waals surface area contributed by atoms with E-state index < -0.39 is 18.1 Å². The number of primary amides is 1. The Morgan fingerprint density at radius 1 is 1.00 bits per heavy atom. The highest BCUT2D eigenvalue weighted by molar-refractivity contribution is 5.89. The SMILES string of the molecule is CCCCCCCCCCCCCCNC[C@H](O)[C@@H](C=O)n1cc(CC(N)=O)c2ccccc21. The average molecular weight is 472 g/mol. The predicted octanol–water partition coefficient (Wildman–Crippen LogP) is 5.06. The van der Waals surface area contributed by atoms with Crippen molar-refractivity contribution in [1.29, 1.82) is 0 Å². The largest absolute Gasteiger partial charge is 0.389 e. The van der Waals surface area contributed by atoms with Gasteiger partial charge in [0.25, 0.3) is 0 Å². The summed E-state index contributed by atoms with van der Waals surface area (Å²) in [7, 11) is 0. The summed E-state index contributed by atoms with van der Waals surface area (Å²) in [4.78, 5) is 23.3. The van der Waals surface area contributed by atoms with E-state index >= 15 is 0 Å². The second-order valence-electron chi connectivity index (χ2n) is 9.51. The number of nitrogens with one attached hydrogen (secondary N) is 1. The van der Waals surface area contributed by atoms with E-state index in [2.05, 4.69) is 12.2 Å². The second-order valence-corrected chi connectivity index (χ2v) is 9.51. The van der Waals surface area contributed by atoms with E-state index in [-0.39, 0.29) is 6.42 Å². The van der Waals surface area contributed by atoms with Crippen molar-refractivity contribution in [2.24, 2.45) is 5.73 Å². The van der Waals surface area contributed by atoms with Crippen LogP contribution in [0.5, 0.6) is 0 Å². The van der Waals surface area contributed by atoms with Gasteiger partial charge in [0.05, 0.1) is 12.5 Å². The molecule has 6 heteroatoms. The number of aldehydes is 1. The van der Waals surface area contributed by atoms with E-state index in [4.69, 9.17) is 5.73 Å². The molecule has 0 bridgehead atoms. The molecule has 1 aromatic carbocycles. The number of hydrogen-bond acceptors (Lipinski definition) is 4. The first kappa shape index (κ1) is 28.1. The van der Waals surface area contributed by atoms with Crippen molar-refractivity contribution >= 4 is 23.1 Å². The van der Waals surface area contributed by atoms with Crippen molar-refractivity contribution in [1.82, 2.24) is 9.88 Å². The van der Waals surface area contributed by atoms with Crippen LogP contribution < -0.4 is 11.1 Å². The lowest BCUT2D eigenvalue weighted by Crippen LogP contribution is -2.35. The molecule has 190 valence electrons. The van der Waals surface area contributed by atoms with E-state index in [1.165, 1.54) is 70.6 Å². The number of amides is 1. The van der Waals surface area contributed by atoms with E-state index in [0.717, 1.165) is 35.7 Å². The van der Waals surface area contributed by atoms with Gasteiger partial charge in [0.15, 0.2) is 0 Å². The van der Waals surface area contributed by atoms with Gasteiger partial charge in [0.2, 0.25) is 5.91 Å². The molecule has 6 nitrogen and oxygen atoms in total. The number of aliphatic hydroxyl groups excluding tert-OH is 1. The molecule has 2 aromatic rings. The Labute approximate surface area is 205 Å². The third-order valence-corrected chi connectivity index (χ3v) is 6.60. The van der Waals surface area contributed by atoms with Crippen molar-refractivity contribution in [2.45, 2.75) is 103 Å². The third kappa shape index (κ3) is 9.59. The van der Waals surface area contributed by atoms with Gasteiger partial charge in [-0.3, -0.25) is 4.79 Å². The minimum Gasteiger partial charge on any atom is -0.389 e. The Hall–Kier alpha value is -2.18. The van der Waals surface area contributed by atoms with Gasteiger partial charge in [-0.1, -0.05) is 95.8 Å². The van der Waals surface area contributed by atoms with Crippen LogP contribution in [0.15, 0.2) is 30.5 Å². The molecule has 0 aliphatic rings. The average Bonchev–Trinajstić information content (AvgIpc) is 3.17. The number of para-hydroxylation sites is 1. The first-order valence-corrected chi connectivity index (χ1v) is 13.3. The molecule has 0 saturated carbocycles. The fourth-order valence-electron chi connectivity index (χ4n) is 4.66. The van der Waals surface area contributed by atoms with Crippen LogP contribution in [0.2, 0.25) is 0 Å². The summed E-state index contributed by atoms with van der Waals surface area (Å²) in [6.45, 7) is 3.44. The van der Waals surface area contributed by atoms with Gasteiger partial charge in [-0.2, -0.15) is 0 Å². The first-order chi connectivity index (χ1) is 16.6. The maximum Gasteiger partial charge on any atom is 0.221 e. The van der Waals surface area contributed by atoms with Crippen molar-refractivity contribution in [3.63, 3.8) is 0 Å². The highest BCUT2D eigenvalue weighted by Gasteiger charge is 2.23. The fraction of sp³-hybridized carbons (Fsp3) is 0.643. The van der Waals surface area contributed by atoms with Crippen molar-refractivity contribution in [2.75, 3.05) is 13.1 Å². The number of hydrogen-bond donors (Lipinski definition) is 3. The number of rotatable bonds is 20. The van der Waals surface area contributed by atoms with E-state index in [1.807, 2.05) is 24.3 Å². The Morgan fingerprint density at radius 2 is 1.59 bits per heavy atom. The number of benzene rings is 1. The van der Waals surface area contributed by atoms with Crippen LogP contribution >= 0.6 is 0 Å². The van der Waals surface area contributed by atoms with Crippen LogP contribution in [0.1, 0.15) is 95.6 Å². The van der Waals surface area contributed by atoms with Gasteiger partial charge >= 0.3 is 0 Å². The number of aromatic nitrogens is 1. The van der Waals surface area contributed by atoms with Gasteiger partial charge in [0, 0.05) is 23.6 Å². The number of carbonyl (C=O) groups is 2. The minimum absolute atomic E-state index is 0.104. The topological polar surface area (TPSA) is 97.3 Å². The van der Waals surface area contributed by atoms with Crippen molar-refractivity contribution in [3.8, 4) is 0 Å². The maximum absolute atomic E-state index is 11.9. The van der Waals surface area contributed by atoms with Crippen LogP contribution in [-0.2, 0) is 16.0 Å². The summed E-state index contributed by atoms with van der Waals surface area (Å²) in [5, 5.41) is 14.9. The highest BCUT2D eigenvalue weighted by Crippen LogP contribution is 2.26. The Bertz CT molecular complexity index is 849. The minimum atomic E-state index is -0.855. The molecule has 1 aromatic heterocycles. The van der Waals surface area contributed by atoms with E-state index in [9.17, 15) is 14.7 Å². The zero-order chi connectivity index (χ0) is 24.6. The van der Waals surface area contributed by atoms with Crippen LogP contribution in [0.3, 0.4) is 0 Å². The first-order valence-electron chi connectivity index (χ1n) is 13.3.